The highest BCUT2D eigenvalue weighted by atomic mass is 19.1. The molecule has 1 aliphatic carbocycles. The zero-order valence-corrected chi connectivity index (χ0v) is 23.0. The molecular formula is C29H35FN8O2. The van der Waals surface area contributed by atoms with Gasteiger partial charge in [0.25, 0.3) is 5.88 Å². The van der Waals surface area contributed by atoms with Crippen LogP contribution in [0.15, 0.2) is 37.1 Å². The Labute approximate surface area is 233 Å². The lowest BCUT2D eigenvalue weighted by molar-refractivity contribution is -0.118. The Kier molecular flexibility index (Phi) is 7.07. The van der Waals surface area contributed by atoms with Gasteiger partial charge in [0.2, 0.25) is 5.91 Å². The number of carbonyl (C=O) groups excluding carboxylic acids is 1. The van der Waals surface area contributed by atoms with Gasteiger partial charge in [-0.05, 0) is 49.8 Å². The molecule has 0 unspecified atom stereocenters. The first-order chi connectivity index (χ1) is 19.3. The van der Waals surface area contributed by atoms with Gasteiger partial charge in [0.1, 0.15) is 24.2 Å². The highest BCUT2D eigenvalue weighted by molar-refractivity contribution is 5.74. The molecule has 2 aliphatic heterocycles. The van der Waals surface area contributed by atoms with Crippen molar-refractivity contribution < 1.29 is 13.9 Å². The number of primary amides is 1. The van der Waals surface area contributed by atoms with E-state index in [9.17, 15) is 9.18 Å². The van der Waals surface area contributed by atoms with E-state index in [-0.39, 0.29) is 23.0 Å². The Hall–Kier alpha value is -3.73. The second-order valence-electron chi connectivity index (χ2n) is 11.8. The summed E-state index contributed by atoms with van der Waals surface area (Å²) in [5.74, 6) is 1.56. The van der Waals surface area contributed by atoms with Crippen LogP contribution in [0, 0.1) is 17.2 Å². The van der Waals surface area contributed by atoms with Crippen LogP contribution in [-0.2, 0) is 4.79 Å². The number of likely N-dealkylation sites (tertiary alicyclic amines) is 1. The van der Waals surface area contributed by atoms with Gasteiger partial charge in [0.15, 0.2) is 5.82 Å². The third-order valence-electron chi connectivity index (χ3n) is 8.46. The number of halogens is 1. The number of aromatic nitrogens is 5. The molecule has 4 heterocycles. The maximum absolute atomic E-state index is 14.4. The van der Waals surface area contributed by atoms with Crippen molar-refractivity contribution in [3.05, 3.63) is 48.6 Å². The summed E-state index contributed by atoms with van der Waals surface area (Å²) in [5, 5.41) is 8.28. The molecule has 1 amide bonds. The van der Waals surface area contributed by atoms with Crippen LogP contribution >= 0.6 is 0 Å². The third kappa shape index (κ3) is 5.34. The second-order valence-corrected chi connectivity index (χ2v) is 11.8. The van der Waals surface area contributed by atoms with Crippen molar-refractivity contribution in [1.29, 1.82) is 0 Å². The highest BCUT2D eigenvalue weighted by Gasteiger charge is 2.50. The third-order valence-corrected chi connectivity index (χ3v) is 8.46. The molecular weight excluding hydrogens is 511 g/mol. The summed E-state index contributed by atoms with van der Waals surface area (Å²) in [7, 11) is 0. The maximum atomic E-state index is 14.4. The lowest BCUT2D eigenvalue weighted by Crippen LogP contribution is -2.62. The number of rotatable bonds is 10. The normalized spacial score (nSPS) is 19.1. The van der Waals surface area contributed by atoms with Gasteiger partial charge in [0.05, 0.1) is 5.69 Å². The smallest absolute Gasteiger partial charge is 0.282 e. The van der Waals surface area contributed by atoms with Gasteiger partial charge in [-0.3, -0.25) is 9.69 Å². The van der Waals surface area contributed by atoms with Crippen molar-refractivity contribution in [2.24, 2.45) is 17.1 Å². The number of hydrogen-bond donors (Lipinski definition) is 1. The van der Waals surface area contributed by atoms with E-state index in [1.807, 2.05) is 0 Å². The van der Waals surface area contributed by atoms with E-state index in [1.54, 1.807) is 12.3 Å². The Morgan fingerprint density at radius 1 is 1.18 bits per heavy atom. The van der Waals surface area contributed by atoms with Crippen molar-refractivity contribution in [2.45, 2.75) is 57.9 Å². The van der Waals surface area contributed by atoms with Gasteiger partial charge in [-0.25, -0.2) is 19.3 Å². The molecule has 3 fully saturated rings. The van der Waals surface area contributed by atoms with Crippen molar-refractivity contribution in [1.82, 2.24) is 30.0 Å². The first-order valence-corrected chi connectivity index (χ1v) is 14.0. The van der Waals surface area contributed by atoms with Crippen LogP contribution < -0.4 is 15.4 Å². The zero-order chi connectivity index (χ0) is 27.9. The summed E-state index contributed by atoms with van der Waals surface area (Å²) in [6.07, 6.45) is 9.04. The van der Waals surface area contributed by atoms with E-state index < -0.39 is 0 Å². The number of amides is 1. The molecule has 2 saturated heterocycles. The number of hydrogen-bond acceptors (Lipinski definition) is 9. The topological polar surface area (TPSA) is 123 Å². The Balaban J connectivity index is 1.20. The quantitative estimate of drug-likeness (QED) is 0.403. The Morgan fingerprint density at radius 2 is 2.00 bits per heavy atom. The fourth-order valence-corrected chi connectivity index (χ4v) is 6.33. The van der Waals surface area contributed by atoms with Crippen molar-refractivity contribution >= 4 is 11.7 Å². The molecule has 40 heavy (non-hydrogen) atoms. The van der Waals surface area contributed by atoms with Crippen molar-refractivity contribution in [2.75, 3.05) is 31.1 Å². The van der Waals surface area contributed by atoms with E-state index in [0.29, 0.717) is 41.4 Å². The molecule has 10 nitrogen and oxygen atoms in total. The molecule has 6 rings (SSSR count). The highest BCUT2D eigenvalue weighted by Crippen LogP contribution is 2.47. The van der Waals surface area contributed by atoms with Gasteiger partial charge in [-0.1, -0.05) is 13.8 Å². The molecule has 1 aromatic carbocycles. The second kappa shape index (κ2) is 10.7. The van der Waals surface area contributed by atoms with E-state index in [4.69, 9.17) is 10.5 Å². The van der Waals surface area contributed by atoms with E-state index in [2.05, 4.69) is 48.8 Å². The monoisotopic (exact) mass is 546 g/mol. The molecule has 1 spiro atoms. The Morgan fingerprint density at radius 3 is 2.75 bits per heavy atom. The fraction of sp³-hybridized carbons (Fsp3) is 0.517. The minimum absolute atomic E-state index is 0.156. The van der Waals surface area contributed by atoms with Crippen LogP contribution in [-0.4, -0.2) is 68.2 Å². The Bertz CT molecular complexity index is 1390. The molecule has 210 valence electrons. The number of anilines is 1. The summed E-state index contributed by atoms with van der Waals surface area (Å²) >= 11 is 0. The number of benzene rings is 1. The largest absolute Gasteiger partial charge is 0.434 e. The standard InChI is InChI=1S/C29H35FN8O2/c1-18(2)23(6-8-25(31)39)38-14-29(15-38)9-10-37(13-29)27-28(36-35-17-34-27)40-24-7-5-20(30)11-21(24)22-12-32-16-33-26(22)19-3-4-19/h5,7,11-12,16-19,23H,3-4,6,8-10,13-15H2,1-2H3,(H2,31,39)/t23-/m0/s1. The van der Waals surface area contributed by atoms with Crippen molar-refractivity contribution in [3.63, 3.8) is 0 Å². The number of nitrogens with zero attached hydrogens (tertiary/aromatic N) is 7. The van der Waals surface area contributed by atoms with Gasteiger partial charge < -0.3 is 15.4 Å². The lowest BCUT2D eigenvalue weighted by Gasteiger charge is -2.52. The van der Waals surface area contributed by atoms with Crippen LogP contribution in [0.5, 0.6) is 11.6 Å². The number of carbonyl (C=O) groups is 1. The minimum atomic E-state index is -0.364. The first-order valence-electron chi connectivity index (χ1n) is 14.0. The van der Waals surface area contributed by atoms with Gasteiger partial charge in [0, 0.05) is 67.3 Å². The van der Waals surface area contributed by atoms with E-state index >= 15 is 0 Å². The molecule has 0 bridgehead atoms. The van der Waals surface area contributed by atoms with Crippen LogP contribution in [0.2, 0.25) is 0 Å². The summed E-state index contributed by atoms with van der Waals surface area (Å²) in [5.41, 5.74) is 7.84. The maximum Gasteiger partial charge on any atom is 0.282 e. The molecule has 2 N–H and O–H groups in total. The average molecular weight is 547 g/mol. The molecule has 3 aromatic rings. The van der Waals surface area contributed by atoms with Gasteiger partial charge in [-0.15, -0.1) is 10.2 Å². The molecule has 2 aromatic heterocycles. The number of nitrogens with two attached hydrogens (primary N) is 1. The molecule has 3 aliphatic rings. The van der Waals surface area contributed by atoms with Gasteiger partial charge in [-0.2, -0.15) is 0 Å². The summed E-state index contributed by atoms with van der Waals surface area (Å²) in [6, 6.07) is 4.78. The minimum Gasteiger partial charge on any atom is -0.434 e. The van der Waals surface area contributed by atoms with Gasteiger partial charge >= 0.3 is 0 Å². The molecule has 0 radical (unpaired) electrons. The van der Waals surface area contributed by atoms with Crippen LogP contribution in [0.25, 0.3) is 11.1 Å². The molecule has 1 atom stereocenters. The van der Waals surface area contributed by atoms with E-state index in [0.717, 1.165) is 63.1 Å². The predicted octanol–water partition coefficient (Wildman–Crippen LogP) is 3.94. The van der Waals surface area contributed by atoms with E-state index in [1.165, 1.54) is 24.8 Å². The molecule has 11 heteroatoms. The first kappa shape index (κ1) is 26.5. The van der Waals surface area contributed by atoms with Crippen LogP contribution in [0.3, 0.4) is 0 Å². The predicted molar refractivity (Wildman–Crippen MR) is 147 cm³/mol. The summed E-state index contributed by atoms with van der Waals surface area (Å²) in [4.78, 5) is 29.3. The van der Waals surface area contributed by atoms with Crippen molar-refractivity contribution in [3.8, 4) is 22.8 Å². The molecule has 1 saturated carbocycles. The van der Waals surface area contributed by atoms with Crippen LogP contribution in [0.1, 0.15) is 57.6 Å². The number of ether oxygens (including phenoxy) is 1. The summed E-state index contributed by atoms with van der Waals surface area (Å²) < 4.78 is 20.8. The fourth-order valence-electron chi connectivity index (χ4n) is 6.33. The lowest BCUT2D eigenvalue weighted by atomic mass is 9.76. The van der Waals surface area contributed by atoms with Crippen LogP contribution in [0.4, 0.5) is 10.2 Å². The SMILES string of the molecule is CC(C)[C@H](CCC(N)=O)N1CC2(CCN(c3ncnnc3Oc3ccc(F)cc3-c3cncnc3C3CC3)C2)C1. The summed E-state index contributed by atoms with van der Waals surface area (Å²) in [6.45, 7) is 8.00. The average Bonchev–Trinajstić information content (AvgIpc) is 3.67. The zero-order valence-electron chi connectivity index (χ0n) is 23.0.